The molecule has 1 aromatic heterocycles. The van der Waals surface area contributed by atoms with Crippen molar-refractivity contribution in [1.29, 1.82) is 0 Å². The molecule has 1 atom stereocenters. The van der Waals surface area contributed by atoms with Crippen LogP contribution >= 0.6 is 0 Å². The highest BCUT2D eigenvalue weighted by Gasteiger charge is 2.03. The number of nitrogens with zero attached hydrogens (tertiary/aromatic N) is 2. The van der Waals surface area contributed by atoms with Gasteiger partial charge in [-0.05, 0) is 31.0 Å². The Bertz CT molecular complexity index is 526. The molecule has 1 unspecified atom stereocenters. The molecule has 5 nitrogen and oxygen atoms in total. The van der Waals surface area contributed by atoms with Crippen molar-refractivity contribution >= 4 is 0 Å². The van der Waals surface area contributed by atoms with Crippen molar-refractivity contribution in [2.75, 3.05) is 7.11 Å². The van der Waals surface area contributed by atoms with E-state index >= 15 is 0 Å². The van der Waals surface area contributed by atoms with Gasteiger partial charge >= 0.3 is 6.01 Å². The van der Waals surface area contributed by atoms with E-state index in [4.69, 9.17) is 15.2 Å². The van der Waals surface area contributed by atoms with E-state index < -0.39 is 0 Å². The summed E-state index contributed by atoms with van der Waals surface area (Å²) in [7, 11) is 1.61. The molecule has 0 aliphatic carbocycles. The van der Waals surface area contributed by atoms with Crippen LogP contribution in [0.5, 0.6) is 17.5 Å². The molecule has 0 saturated carbocycles. The Morgan fingerprint density at radius 3 is 2.53 bits per heavy atom. The zero-order valence-electron chi connectivity index (χ0n) is 11.0. The normalized spacial score (nSPS) is 11.9. The van der Waals surface area contributed by atoms with Gasteiger partial charge in [-0.1, -0.05) is 6.07 Å². The lowest BCUT2D eigenvalue weighted by Crippen LogP contribution is -2.17. The molecule has 0 saturated heterocycles. The summed E-state index contributed by atoms with van der Waals surface area (Å²) < 4.78 is 10.7. The summed E-state index contributed by atoms with van der Waals surface area (Å²) in [6, 6.07) is 7.69. The Morgan fingerprint density at radius 1 is 1.21 bits per heavy atom. The van der Waals surface area contributed by atoms with Gasteiger partial charge in [0.05, 0.1) is 7.11 Å². The van der Waals surface area contributed by atoms with Gasteiger partial charge < -0.3 is 15.2 Å². The molecule has 19 heavy (non-hydrogen) atoms. The quantitative estimate of drug-likeness (QED) is 0.891. The molecule has 0 fully saturated rings. The van der Waals surface area contributed by atoms with E-state index in [-0.39, 0.29) is 6.04 Å². The van der Waals surface area contributed by atoms with E-state index in [2.05, 4.69) is 9.97 Å². The van der Waals surface area contributed by atoms with Gasteiger partial charge in [-0.15, -0.1) is 0 Å². The fourth-order valence-electron chi connectivity index (χ4n) is 1.64. The second-order valence-electron chi connectivity index (χ2n) is 4.34. The van der Waals surface area contributed by atoms with Crippen LogP contribution in [-0.2, 0) is 6.42 Å². The third kappa shape index (κ3) is 3.93. The maximum Gasteiger partial charge on any atom is 0.321 e. The van der Waals surface area contributed by atoms with E-state index in [0.717, 1.165) is 17.7 Å². The second kappa shape index (κ2) is 6.15. The molecule has 0 aliphatic heterocycles. The SMILES string of the molecule is COc1cccc(Oc2ncc(CC(C)N)cn2)c1. The summed E-state index contributed by atoms with van der Waals surface area (Å²) in [5.41, 5.74) is 6.71. The molecule has 0 spiro atoms. The van der Waals surface area contributed by atoms with Crippen molar-refractivity contribution in [3.05, 3.63) is 42.2 Å². The average Bonchev–Trinajstić information content (AvgIpc) is 2.41. The number of benzene rings is 1. The summed E-state index contributed by atoms with van der Waals surface area (Å²) >= 11 is 0. The molecule has 0 amide bonds. The van der Waals surface area contributed by atoms with Gasteiger partial charge in [0.25, 0.3) is 0 Å². The average molecular weight is 259 g/mol. The number of hydrogen-bond donors (Lipinski definition) is 1. The third-order valence-electron chi connectivity index (χ3n) is 2.49. The van der Waals surface area contributed by atoms with Crippen molar-refractivity contribution in [3.8, 4) is 17.5 Å². The summed E-state index contributed by atoms with van der Waals surface area (Å²) in [6.45, 7) is 1.95. The van der Waals surface area contributed by atoms with Crippen LogP contribution in [0, 0.1) is 0 Å². The fourth-order valence-corrected chi connectivity index (χ4v) is 1.64. The lowest BCUT2D eigenvalue weighted by atomic mass is 10.1. The van der Waals surface area contributed by atoms with Gasteiger partial charge in [0.2, 0.25) is 0 Å². The van der Waals surface area contributed by atoms with Crippen molar-refractivity contribution in [1.82, 2.24) is 9.97 Å². The van der Waals surface area contributed by atoms with E-state index in [0.29, 0.717) is 11.8 Å². The highest BCUT2D eigenvalue weighted by molar-refractivity contribution is 5.34. The first-order valence-electron chi connectivity index (χ1n) is 6.06. The predicted octanol–water partition coefficient (Wildman–Crippen LogP) is 2.17. The van der Waals surface area contributed by atoms with Gasteiger partial charge in [-0.2, -0.15) is 0 Å². The minimum atomic E-state index is 0.0914. The smallest absolute Gasteiger partial charge is 0.321 e. The van der Waals surface area contributed by atoms with E-state index in [1.165, 1.54) is 0 Å². The second-order valence-corrected chi connectivity index (χ2v) is 4.34. The minimum absolute atomic E-state index is 0.0914. The number of ether oxygens (including phenoxy) is 2. The number of hydrogen-bond acceptors (Lipinski definition) is 5. The van der Waals surface area contributed by atoms with Crippen LogP contribution in [0.2, 0.25) is 0 Å². The molecule has 0 bridgehead atoms. The maximum atomic E-state index is 5.72. The summed E-state index contributed by atoms with van der Waals surface area (Å²) in [5, 5.41) is 0. The van der Waals surface area contributed by atoms with Crippen LogP contribution in [0.3, 0.4) is 0 Å². The molecule has 2 rings (SSSR count). The highest BCUT2D eigenvalue weighted by Crippen LogP contribution is 2.22. The summed E-state index contributed by atoms with van der Waals surface area (Å²) in [5.74, 6) is 1.37. The molecule has 0 radical (unpaired) electrons. The van der Waals surface area contributed by atoms with Crippen LogP contribution in [-0.4, -0.2) is 23.1 Å². The Kier molecular flexibility index (Phi) is 4.30. The molecule has 5 heteroatoms. The van der Waals surface area contributed by atoms with E-state index in [9.17, 15) is 0 Å². The van der Waals surface area contributed by atoms with Gasteiger partial charge in [0, 0.05) is 24.5 Å². The molecule has 0 aliphatic rings. The summed E-state index contributed by atoms with van der Waals surface area (Å²) in [6.07, 6.45) is 4.21. The van der Waals surface area contributed by atoms with Gasteiger partial charge in [-0.25, -0.2) is 9.97 Å². The Balaban J connectivity index is 2.06. The number of methoxy groups -OCH3 is 1. The Labute approximate surface area is 112 Å². The predicted molar refractivity (Wildman–Crippen MR) is 72.5 cm³/mol. The first-order valence-corrected chi connectivity index (χ1v) is 6.06. The number of rotatable bonds is 5. The number of aromatic nitrogens is 2. The van der Waals surface area contributed by atoms with Crippen LogP contribution in [0.4, 0.5) is 0 Å². The van der Waals surface area contributed by atoms with Crippen LogP contribution < -0.4 is 15.2 Å². The van der Waals surface area contributed by atoms with Crippen molar-refractivity contribution < 1.29 is 9.47 Å². The monoisotopic (exact) mass is 259 g/mol. The fraction of sp³-hybridized carbons (Fsp3) is 0.286. The zero-order valence-corrected chi connectivity index (χ0v) is 11.0. The summed E-state index contributed by atoms with van der Waals surface area (Å²) in [4.78, 5) is 8.31. The Hall–Kier alpha value is -2.14. The van der Waals surface area contributed by atoms with Crippen LogP contribution in [0.25, 0.3) is 0 Å². The lowest BCUT2D eigenvalue weighted by molar-refractivity contribution is 0.404. The molecule has 100 valence electrons. The molecule has 1 aromatic carbocycles. The van der Waals surface area contributed by atoms with Crippen molar-refractivity contribution in [2.45, 2.75) is 19.4 Å². The lowest BCUT2D eigenvalue weighted by Gasteiger charge is -2.07. The molecule has 2 aromatic rings. The molecule has 1 heterocycles. The Morgan fingerprint density at radius 2 is 1.89 bits per heavy atom. The van der Waals surface area contributed by atoms with Crippen molar-refractivity contribution in [3.63, 3.8) is 0 Å². The molecular formula is C14H17N3O2. The standard InChI is InChI=1S/C14H17N3O2/c1-10(15)6-11-8-16-14(17-9-11)19-13-5-3-4-12(7-13)18-2/h3-5,7-10H,6,15H2,1-2H3. The van der Waals surface area contributed by atoms with E-state index in [1.54, 1.807) is 25.6 Å². The minimum Gasteiger partial charge on any atom is -0.497 e. The van der Waals surface area contributed by atoms with Gasteiger partial charge in [0.1, 0.15) is 11.5 Å². The molecular weight excluding hydrogens is 242 g/mol. The van der Waals surface area contributed by atoms with Gasteiger partial charge in [-0.3, -0.25) is 0 Å². The zero-order chi connectivity index (χ0) is 13.7. The van der Waals surface area contributed by atoms with Gasteiger partial charge in [0.15, 0.2) is 0 Å². The van der Waals surface area contributed by atoms with Crippen LogP contribution in [0.15, 0.2) is 36.7 Å². The van der Waals surface area contributed by atoms with Crippen molar-refractivity contribution in [2.24, 2.45) is 5.73 Å². The topological polar surface area (TPSA) is 70.3 Å². The highest BCUT2D eigenvalue weighted by atomic mass is 16.5. The van der Waals surface area contributed by atoms with E-state index in [1.807, 2.05) is 25.1 Å². The first-order chi connectivity index (χ1) is 9.17. The number of nitrogens with two attached hydrogens (primary N) is 1. The first kappa shape index (κ1) is 13.3. The molecule has 2 N–H and O–H groups in total. The third-order valence-corrected chi connectivity index (χ3v) is 2.49. The maximum absolute atomic E-state index is 5.72. The van der Waals surface area contributed by atoms with Crippen LogP contribution in [0.1, 0.15) is 12.5 Å². The largest absolute Gasteiger partial charge is 0.497 e.